The number of hydrogen-bond acceptors (Lipinski definition) is 5. The van der Waals surface area contributed by atoms with Crippen molar-refractivity contribution in [3.05, 3.63) is 29.8 Å². The molecule has 0 bridgehead atoms. The first kappa shape index (κ1) is 19.9. The van der Waals surface area contributed by atoms with Crippen LogP contribution < -0.4 is 5.32 Å². The molecule has 1 aromatic rings. The highest BCUT2D eigenvalue weighted by Crippen LogP contribution is 2.35. The van der Waals surface area contributed by atoms with Crippen LogP contribution in [0, 0.1) is 17.2 Å². The molecule has 28 heavy (non-hydrogen) atoms. The zero-order valence-corrected chi connectivity index (χ0v) is 15.9. The molecule has 1 saturated carbocycles. The summed E-state index contributed by atoms with van der Waals surface area (Å²) in [7, 11) is 0. The van der Waals surface area contributed by atoms with Gasteiger partial charge in [-0.15, -0.1) is 0 Å². The normalized spacial score (nSPS) is 21.2. The van der Waals surface area contributed by atoms with Crippen molar-refractivity contribution in [1.82, 2.24) is 4.90 Å². The lowest BCUT2D eigenvalue weighted by molar-refractivity contribution is -0.140. The average molecular weight is 383 g/mol. The van der Waals surface area contributed by atoms with Crippen LogP contribution in [0.2, 0.25) is 0 Å². The molecule has 0 radical (unpaired) electrons. The second kappa shape index (κ2) is 9.36. The van der Waals surface area contributed by atoms with Gasteiger partial charge in [0.05, 0.1) is 11.6 Å². The Bertz CT molecular complexity index is 767. The lowest BCUT2D eigenvalue weighted by atomic mass is 9.78. The van der Waals surface area contributed by atoms with E-state index in [9.17, 15) is 14.4 Å². The van der Waals surface area contributed by atoms with Crippen LogP contribution >= 0.6 is 0 Å². The topological polar surface area (TPSA) is 99.5 Å². The molecule has 7 heteroatoms. The molecular formula is C21H25N3O4. The molecular weight excluding hydrogens is 358 g/mol. The molecule has 1 N–H and O–H groups in total. The Labute approximate surface area is 164 Å². The first-order chi connectivity index (χ1) is 13.6. The van der Waals surface area contributed by atoms with E-state index in [-0.39, 0.29) is 18.9 Å². The molecule has 1 aliphatic carbocycles. The maximum absolute atomic E-state index is 12.6. The predicted molar refractivity (Wildman–Crippen MR) is 102 cm³/mol. The van der Waals surface area contributed by atoms with Crippen molar-refractivity contribution in [2.75, 3.05) is 18.5 Å². The van der Waals surface area contributed by atoms with Gasteiger partial charge in [-0.2, -0.15) is 5.26 Å². The summed E-state index contributed by atoms with van der Waals surface area (Å²) in [5, 5.41) is 11.0. The fraction of sp³-hybridized carbons (Fsp3) is 0.524. The highest BCUT2D eigenvalue weighted by molar-refractivity contribution is 5.94. The lowest BCUT2D eigenvalue weighted by Gasteiger charge is -2.44. The van der Waals surface area contributed by atoms with Crippen molar-refractivity contribution in [3.8, 4) is 6.07 Å². The van der Waals surface area contributed by atoms with E-state index < -0.39 is 11.9 Å². The third kappa shape index (κ3) is 4.89. The molecule has 1 heterocycles. The Hall–Kier alpha value is -2.88. The zero-order chi connectivity index (χ0) is 19.9. The highest BCUT2D eigenvalue weighted by atomic mass is 16.5. The summed E-state index contributed by atoms with van der Waals surface area (Å²) in [6.07, 6.45) is 6.59. The van der Waals surface area contributed by atoms with Crippen LogP contribution in [0.15, 0.2) is 24.3 Å². The second-order valence-electron chi connectivity index (χ2n) is 7.38. The van der Waals surface area contributed by atoms with Crippen molar-refractivity contribution < 1.29 is 19.1 Å². The number of rotatable bonds is 5. The number of amides is 2. The van der Waals surface area contributed by atoms with Gasteiger partial charge in [-0.1, -0.05) is 12.8 Å². The average Bonchev–Trinajstić information content (AvgIpc) is 2.72. The molecule has 0 unspecified atom stereocenters. The van der Waals surface area contributed by atoms with Crippen molar-refractivity contribution >= 4 is 23.5 Å². The van der Waals surface area contributed by atoms with Crippen LogP contribution in [0.3, 0.4) is 0 Å². The van der Waals surface area contributed by atoms with E-state index in [4.69, 9.17) is 10.00 Å². The molecule has 1 saturated heterocycles. The van der Waals surface area contributed by atoms with Crippen molar-refractivity contribution in [2.24, 2.45) is 5.92 Å². The van der Waals surface area contributed by atoms with Crippen molar-refractivity contribution in [2.45, 2.75) is 51.0 Å². The van der Waals surface area contributed by atoms with Gasteiger partial charge in [0, 0.05) is 18.3 Å². The largest absolute Gasteiger partial charge is 0.452 e. The fourth-order valence-corrected chi connectivity index (χ4v) is 4.19. The summed E-state index contributed by atoms with van der Waals surface area (Å²) in [5.41, 5.74) is 0.796. The Kier molecular flexibility index (Phi) is 6.64. The van der Waals surface area contributed by atoms with Crippen LogP contribution in [0.5, 0.6) is 0 Å². The molecule has 3 rings (SSSR count). The van der Waals surface area contributed by atoms with E-state index in [0.717, 1.165) is 25.8 Å². The number of ether oxygens (including phenoxy) is 1. The third-order valence-corrected chi connectivity index (χ3v) is 5.53. The number of nitrogens with zero attached hydrogens (tertiary/aromatic N) is 2. The van der Waals surface area contributed by atoms with Crippen LogP contribution in [0.1, 0.15) is 55.3 Å². The molecule has 1 aliphatic heterocycles. The van der Waals surface area contributed by atoms with E-state index in [2.05, 4.69) is 5.32 Å². The van der Waals surface area contributed by atoms with Gasteiger partial charge in [0.25, 0.3) is 5.91 Å². The number of likely N-dealkylation sites (tertiary alicyclic amines) is 1. The number of fused-ring (bicyclic) bond motifs is 1. The minimum Gasteiger partial charge on any atom is -0.452 e. The van der Waals surface area contributed by atoms with Crippen molar-refractivity contribution in [3.63, 3.8) is 0 Å². The summed E-state index contributed by atoms with van der Waals surface area (Å²) in [5.74, 6) is -0.511. The van der Waals surface area contributed by atoms with E-state index in [0.29, 0.717) is 23.2 Å². The van der Waals surface area contributed by atoms with Gasteiger partial charge in [-0.3, -0.25) is 9.59 Å². The van der Waals surface area contributed by atoms with E-state index >= 15 is 0 Å². The van der Waals surface area contributed by atoms with Crippen LogP contribution in [-0.4, -0.2) is 41.9 Å². The lowest BCUT2D eigenvalue weighted by Crippen LogP contribution is -2.50. The van der Waals surface area contributed by atoms with Crippen LogP contribution in [-0.2, 0) is 14.3 Å². The van der Waals surface area contributed by atoms with Gasteiger partial charge in [0.2, 0.25) is 5.91 Å². The number of anilines is 1. The number of carbonyl (C=O) groups is 3. The number of nitriles is 1. The minimum atomic E-state index is -0.569. The molecule has 0 spiro atoms. The smallest absolute Gasteiger partial charge is 0.338 e. The minimum absolute atomic E-state index is 0.120. The van der Waals surface area contributed by atoms with E-state index in [1.807, 2.05) is 4.90 Å². The van der Waals surface area contributed by atoms with Gasteiger partial charge in [-0.05, 0) is 55.9 Å². The van der Waals surface area contributed by atoms with Gasteiger partial charge in [0.15, 0.2) is 6.61 Å². The van der Waals surface area contributed by atoms with Crippen LogP contribution in [0.25, 0.3) is 0 Å². The molecule has 2 amide bonds. The standard InChI is InChI=1S/C21H25N3O4/c22-12-11-19(25)23-17-9-7-16(8-10-17)21(27)28-14-20(26)24-13-3-5-15-4-1-2-6-18(15)24/h7-10,15,18H,1-6,11,13-14H2,(H,23,25)/t15-,18-/m1/s1. The number of carbonyl (C=O) groups excluding carboxylic acids is 3. The fourth-order valence-electron chi connectivity index (χ4n) is 4.19. The summed E-state index contributed by atoms with van der Waals surface area (Å²) in [4.78, 5) is 38.1. The van der Waals surface area contributed by atoms with Gasteiger partial charge >= 0.3 is 5.97 Å². The molecule has 2 aliphatic rings. The molecule has 2 fully saturated rings. The van der Waals surface area contributed by atoms with Gasteiger partial charge in [-0.25, -0.2) is 4.79 Å². The quantitative estimate of drug-likeness (QED) is 0.788. The SMILES string of the molecule is N#CCC(=O)Nc1ccc(C(=O)OCC(=O)N2CCC[C@H]3CCCC[C@H]32)cc1. The molecule has 7 nitrogen and oxygen atoms in total. The van der Waals surface area contributed by atoms with Gasteiger partial charge in [0.1, 0.15) is 6.42 Å². The molecule has 148 valence electrons. The maximum Gasteiger partial charge on any atom is 0.338 e. The summed E-state index contributed by atoms with van der Waals surface area (Å²) >= 11 is 0. The third-order valence-electron chi connectivity index (χ3n) is 5.53. The molecule has 2 atom stereocenters. The number of benzene rings is 1. The molecule has 0 aromatic heterocycles. The molecule has 1 aromatic carbocycles. The Balaban J connectivity index is 1.51. The number of hydrogen-bond donors (Lipinski definition) is 1. The first-order valence-corrected chi connectivity index (χ1v) is 9.82. The van der Waals surface area contributed by atoms with E-state index in [1.165, 1.54) is 31.4 Å². The van der Waals surface area contributed by atoms with Gasteiger partial charge < -0.3 is 15.0 Å². The summed E-state index contributed by atoms with van der Waals surface area (Å²) in [6.45, 7) is 0.497. The number of piperidine rings is 1. The highest BCUT2D eigenvalue weighted by Gasteiger charge is 2.35. The summed E-state index contributed by atoms with van der Waals surface area (Å²) < 4.78 is 5.22. The number of nitrogens with one attached hydrogen (secondary N) is 1. The first-order valence-electron chi connectivity index (χ1n) is 9.82. The Morgan fingerprint density at radius 2 is 1.82 bits per heavy atom. The Morgan fingerprint density at radius 1 is 1.11 bits per heavy atom. The Morgan fingerprint density at radius 3 is 2.57 bits per heavy atom. The van der Waals surface area contributed by atoms with Crippen molar-refractivity contribution in [1.29, 1.82) is 5.26 Å². The zero-order valence-electron chi connectivity index (χ0n) is 15.9. The van der Waals surface area contributed by atoms with Crippen LogP contribution in [0.4, 0.5) is 5.69 Å². The monoisotopic (exact) mass is 383 g/mol. The summed E-state index contributed by atoms with van der Waals surface area (Å²) in [6, 6.07) is 8.23. The predicted octanol–water partition coefficient (Wildman–Crippen LogP) is 2.88. The maximum atomic E-state index is 12.6. The van der Waals surface area contributed by atoms with E-state index in [1.54, 1.807) is 18.2 Å². The number of esters is 1. The second-order valence-corrected chi connectivity index (χ2v) is 7.38.